The van der Waals surface area contributed by atoms with E-state index in [1.807, 2.05) is 0 Å². The van der Waals surface area contributed by atoms with Gasteiger partial charge in [0, 0.05) is 25.2 Å². The Hall–Kier alpha value is -1.68. The van der Waals surface area contributed by atoms with Crippen molar-refractivity contribution in [1.29, 1.82) is 0 Å². The Labute approximate surface area is 107 Å². The maximum absolute atomic E-state index is 12.4. The van der Waals surface area contributed by atoms with Gasteiger partial charge in [0.25, 0.3) is 5.91 Å². The zero-order valence-corrected chi connectivity index (χ0v) is 10.8. The minimum atomic E-state index is -0.0745. The molecule has 1 aliphatic heterocycles. The van der Waals surface area contributed by atoms with Crippen LogP contribution in [0.15, 0.2) is 24.3 Å². The van der Waals surface area contributed by atoms with Crippen molar-refractivity contribution >= 4 is 11.7 Å². The van der Waals surface area contributed by atoms with Crippen molar-refractivity contribution in [3.63, 3.8) is 0 Å². The Morgan fingerprint density at radius 1 is 1.28 bits per heavy atom. The summed E-state index contributed by atoms with van der Waals surface area (Å²) in [4.78, 5) is 25.7. The number of nitrogens with one attached hydrogen (secondary N) is 1. The van der Waals surface area contributed by atoms with E-state index in [0.29, 0.717) is 11.1 Å². The molecule has 1 aliphatic rings. The van der Waals surface area contributed by atoms with Gasteiger partial charge >= 0.3 is 0 Å². The average molecular weight is 246 g/mol. The highest BCUT2D eigenvalue weighted by atomic mass is 16.2. The summed E-state index contributed by atoms with van der Waals surface area (Å²) in [6.07, 6.45) is 0.963. The molecule has 4 heteroatoms. The van der Waals surface area contributed by atoms with Crippen LogP contribution < -0.4 is 5.32 Å². The number of hydrogen-bond donors (Lipinski definition) is 1. The van der Waals surface area contributed by atoms with Gasteiger partial charge in [0.1, 0.15) is 0 Å². The van der Waals surface area contributed by atoms with Gasteiger partial charge in [-0.1, -0.05) is 18.2 Å². The Morgan fingerprint density at radius 2 is 1.94 bits per heavy atom. The molecule has 0 aromatic heterocycles. The third-order valence-electron chi connectivity index (χ3n) is 3.44. The molecule has 2 rings (SSSR count). The van der Waals surface area contributed by atoms with E-state index in [9.17, 15) is 9.59 Å². The number of rotatable bonds is 3. The van der Waals surface area contributed by atoms with E-state index < -0.39 is 0 Å². The molecule has 1 fully saturated rings. The van der Waals surface area contributed by atoms with Gasteiger partial charge in [0.05, 0.1) is 5.56 Å². The van der Waals surface area contributed by atoms with Crippen molar-refractivity contribution in [3.05, 3.63) is 35.4 Å². The van der Waals surface area contributed by atoms with Crippen LogP contribution >= 0.6 is 0 Å². The molecule has 96 valence electrons. The molecule has 1 saturated heterocycles. The van der Waals surface area contributed by atoms with Crippen LogP contribution in [0.3, 0.4) is 0 Å². The van der Waals surface area contributed by atoms with Crippen LogP contribution in [0.25, 0.3) is 0 Å². The number of hydrogen-bond acceptors (Lipinski definition) is 3. The number of likely N-dealkylation sites (N-methyl/N-ethyl adjacent to an activating group) is 1. The lowest BCUT2D eigenvalue weighted by Crippen LogP contribution is -2.38. The Bertz CT molecular complexity index is 465. The van der Waals surface area contributed by atoms with Crippen LogP contribution in [0.2, 0.25) is 0 Å². The van der Waals surface area contributed by atoms with Crippen LogP contribution in [0, 0.1) is 0 Å². The lowest BCUT2D eigenvalue weighted by molar-refractivity contribution is 0.0739. The normalized spacial score (nSPS) is 18.7. The van der Waals surface area contributed by atoms with E-state index in [4.69, 9.17) is 0 Å². The molecular formula is C14H18N2O2. The van der Waals surface area contributed by atoms with Crippen LogP contribution in [0.4, 0.5) is 0 Å². The molecule has 1 atom stereocenters. The third kappa shape index (κ3) is 2.43. The highest BCUT2D eigenvalue weighted by Gasteiger charge is 2.25. The minimum Gasteiger partial charge on any atom is -0.337 e. The molecule has 1 amide bonds. The maximum Gasteiger partial charge on any atom is 0.254 e. The van der Waals surface area contributed by atoms with Crippen LogP contribution in [-0.2, 0) is 0 Å². The fraction of sp³-hybridized carbons (Fsp3) is 0.429. The summed E-state index contributed by atoms with van der Waals surface area (Å²) in [7, 11) is 1.80. The van der Waals surface area contributed by atoms with Crippen LogP contribution in [0.1, 0.15) is 34.1 Å². The van der Waals surface area contributed by atoms with Crippen molar-refractivity contribution in [2.75, 3.05) is 20.1 Å². The lowest BCUT2D eigenvalue weighted by Gasteiger charge is -2.24. The number of ketones is 1. The van der Waals surface area contributed by atoms with E-state index in [0.717, 1.165) is 19.5 Å². The number of nitrogens with zero attached hydrogens (tertiary/aromatic N) is 1. The molecule has 1 heterocycles. The molecule has 1 aromatic carbocycles. The quantitative estimate of drug-likeness (QED) is 0.818. The van der Waals surface area contributed by atoms with Crippen molar-refractivity contribution in [1.82, 2.24) is 10.2 Å². The van der Waals surface area contributed by atoms with Gasteiger partial charge in [-0.05, 0) is 26.0 Å². The summed E-state index contributed by atoms with van der Waals surface area (Å²) in [5.41, 5.74) is 1.000. The van der Waals surface area contributed by atoms with Gasteiger partial charge in [0.15, 0.2) is 5.78 Å². The van der Waals surface area contributed by atoms with E-state index >= 15 is 0 Å². The summed E-state index contributed by atoms with van der Waals surface area (Å²) in [5.74, 6) is -0.147. The fourth-order valence-electron chi connectivity index (χ4n) is 2.30. The van der Waals surface area contributed by atoms with E-state index in [1.54, 1.807) is 36.2 Å². The zero-order chi connectivity index (χ0) is 13.1. The third-order valence-corrected chi connectivity index (χ3v) is 3.44. The van der Waals surface area contributed by atoms with Crippen LogP contribution in [0.5, 0.6) is 0 Å². The topological polar surface area (TPSA) is 49.4 Å². The SMILES string of the molecule is CC(=O)c1ccccc1C(=O)N(C)C1CCNC1. The molecule has 1 unspecified atom stereocenters. The van der Waals surface area contributed by atoms with Gasteiger partial charge in [0.2, 0.25) is 0 Å². The summed E-state index contributed by atoms with van der Waals surface area (Å²) in [6.45, 7) is 3.25. The molecular weight excluding hydrogens is 228 g/mol. The van der Waals surface area contributed by atoms with E-state index in [-0.39, 0.29) is 17.7 Å². The monoisotopic (exact) mass is 246 g/mol. The minimum absolute atomic E-state index is 0.0723. The second kappa shape index (κ2) is 5.31. The fourth-order valence-corrected chi connectivity index (χ4v) is 2.30. The van der Waals surface area contributed by atoms with Gasteiger partial charge < -0.3 is 10.2 Å². The number of carbonyl (C=O) groups is 2. The molecule has 0 aliphatic carbocycles. The molecule has 0 radical (unpaired) electrons. The zero-order valence-electron chi connectivity index (χ0n) is 10.8. The molecule has 0 saturated carbocycles. The second-order valence-corrected chi connectivity index (χ2v) is 4.66. The highest BCUT2D eigenvalue weighted by Crippen LogP contribution is 2.15. The van der Waals surface area contributed by atoms with Crippen LogP contribution in [-0.4, -0.2) is 42.8 Å². The van der Waals surface area contributed by atoms with Gasteiger partial charge in [-0.2, -0.15) is 0 Å². The first-order valence-corrected chi connectivity index (χ1v) is 6.19. The summed E-state index contributed by atoms with van der Waals surface area (Å²) >= 11 is 0. The number of amides is 1. The smallest absolute Gasteiger partial charge is 0.254 e. The number of benzene rings is 1. The first-order valence-electron chi connectivity index (χ1n) is 6.19. The van der Waals surface area contributed by atoms with Crippen molar-refractivity contribution in [3.8, 4) is 0 Å². The predicted octanol–water partition coefficient (Wildman–Crippen LogP) is 1.32. The largest absolute Gasteiger partial charge is 0.337 e. The molecule has 0 spiro atoms. The second-order valence-electron chi connectivity index (χ2n) is 4.66. The maximum atomic E-state index is 12.4. The highest BCUT2D eigenvalue weighted by molar-refractivity contribution is 6.07. The molecule has 1 N–H and O–H groups in total. The number of carbonyl (C=O) groups excluding carboxylic acids is 2. The Balaban J connectivity index is 2.25. The van der Waals surface area contributed by atoms with Crippen molar-refractivity contribution in [2.24, 2.45) is 0 Å². The van der Waals surface area contributed by atoms with Gasteiger partial charge in [-0.25, -0.2) is 0 Å². The van der Waals surface area contributed by atoms with Crippen molar-refractivity contribution < 1.29 is 9.59 Å². The van der Waals surface area contributed by atoms with Gasteiger partial charge in [-0.15, -0.1) is 0 Å². The van der Waals surface area contributed by atoms with E-state index in [2.05, 4.69) is 5.32 Å². The summed E-state index contributed by atoms with van der Waals surface area (Å²) in [6, 6.07) is 7.22. The Morgan fingerprint density at radius 3 is 2.50 bits per heavy atom. The van der Waals surface area contributed by atoms with Gasteiger partial charge in [-0.3, -0.25) is 9.59 Å². The number of Topliss-reactive ketones (excluding diaryl/α,β-unsaturated/α-hetero) is 1. The van der Waals surface area contributed by atoms with Crippen molar-refractivity contribution in [2.45, 2.75) is 19.4 Å². The summed E-state index contributed by atoms with van der Waals surface area (Å²) in [5, 5.41) is 3.24. The standard InChI is InChI=1S/C14H18N2O2/c1-10(17)12-5-3-4-6-13(12)14(18)16(2)11-7-8-15-9-11/h3-6,11,15H,7-9H2,1-2H3. The molecule has 18 heavy (non-hydrogen) atoms. The molecule has 0 bridgehead atoms. The van der Waals surface area contributed by atoms with E-state index in [1.165, 1.54) is 6.92 Å². The molecule has 1 aromatic rings. The summed E-state index contributed by atoms with van der Waals surface area (Å²) < 4.78 is 0. The first-order chi connectivity index (χ1) is 8.61. The lowest BCUT2D eigenvalue weighted by atomic mass is 10.0. The first kappa shape index (κ1) is 12.8. The average Bonchev–Trinajstić information content (AvgIpc) is 2.90. The predicted molar refractivity (Wildman–Crippen MR) is 69.8 cm³/mol. The molecule has 4 nitrogen and oxygen atoms in total. The Kier molecular flexibility index (Phi) is 3.77.